The molecular formula is C35H37ClF2N4O4S. The smallest absolute Gasteiger partial charge is 0.243 e. The Bertz CT molecular complexity index is 1780. The SMILES string of the molecule is COc1ccc(S(=O)(=O)N2[C@@H](CCc3c(F)cccc3NC(=O)[C@@H](N)C(c3cccc(F)c3)c3cccc(Cl)c3)CNC[C@@H]2C)cc1. The number of piperazine rings is 1. The lowest BCUT2D eigenvalue weighted by Gasteiger charge is -2.40. The van der Waals surface area contributed by atoms with Crippen molar-refractivity contribution in [2.24, 2.45) is 5.73 Å². The molecule has 4 N–H and O–H groups in total. The average Bonchev–Trinajstić information content (AvgIpc) is 3.04. The summed E-state index contributed by atoms with van der Waals surface area (Å²) in [6.45, 7) is 2.66. The molecule has 0 radical (unpaired) electrons. The Balaban J connectivity index is 1.38. The molecule has 4 aromatic rings. The summed E-state index contributed by atoms with van der Waals surface area (Å²) in [5.74, 6) is -1.85. The van der Waals surface area contributed by atoms with E-state index in [1.165, 1.54) is 53.9 Å². The highest BCUT2D eigenvalue weighted by atomic mass is 35.5. The van der Waals surface area contributed by atoms with Gasteiger partial charge in [-0.2, -0.15) is 4.31 Å². The minimum absolute atomic E-state index is 0.132. The minimum atomic E-state index is -3.89. The number of anilines is 1. The van der Waals surface area contributed by atoms with Crippen molar-refractivity contribution in [3.63, 3.8) is 0 Å². The highest BCUT2D eigenvalue weighted by Gasteiger charge is 2.38. The third-order valence-corrected chi connectivity index (χ3v) is 10.7. The fourth-order valence-electron chi connectivity index (χ4n) is 6.15. The first-order valence-corrected chi connectivity index (χ1v) is 17.0. The first-order valence-electron chi connectivity index (χ1n) is 15.2. The van der Waals surface area contributed by atoms with Gasteiger partial charge in [0.15, 0.2) is 0 Å². The quantitative estimate of drug-likeness (QED) is 0.187. The standard InChI is InChI=1S/C35H37ClF2N4O4S/c1-22-20-40-21-27(42(22)47(44,45)29-15-13-28(46-2)14-16-29)12-17-30-31(38)10-5-11-32(30)41-35(43)34(39)33(23-6-3-8-25(36)18-23)24-7-4-9-26(37)19-24/h3-11,13-16,18-19,22,27,33-34,40H,12,17,20-21,39H2,1-2H3,(H,41,43)/t22-,27-,33?,34-/m0/s1. The van der Waals surface area contributed by atoms with Crippen molar-refractivity contribution < 1.29 is 26.7 Å². The van der Waals surface area contributed by atoms with E-state index in [2.05, 4.69) is 10.6 Å². The molecule has 1 unspecified atom stereocenters. The van der Waals surface area contributed by atoms with Gasteiger partial charge < -0.3 is 21.1 Å². The summed E-state index contributed by atoms with van der Waals surface area (Å²) in [5.41, 5.74) is 8.08. The van der Waals surface area contributed by atoms with E-state index in [1.54, 1.807) is 48.5 Å². The van der Waals surface area contributed by atoms with Gasteiger partial charge in [0.25, 0.3) is 0 Å². The molecule has 47 heavy (non-hydrogen) atoms. The van der Waals surface area contributed by atoms with E-state index in [0.29, 0.717) is 35.0 Å². The number of amides is 1. The van der Waals surface area contributed by atoms with Crippen molar-refractivity contribution in [1.82, 2.24) is 9.62 Å². The first kappa shape index (κ1) is 34.5. The molecule has 0 spiro atoms. The number of methoxy groups -OCH3 is 1. The van der Waals surface area contributed by atoms with Crippen LogP contribution in [0.2, 0.25) is 5.02 Å². The molecule has 0 saturated carbocycles. The Morgan fingerprint density at radius 2 is 1.70 bits per heavy atom. The summed E-state index contributed by atoms with van der Waals surface area (Å²) in [7, 11) is -2.38. The molecule has 8 nitrogen and oxygen atoms in total. The number of hydrogen-bond donors (Lipinski definition) is 3. The van der Waals surface area contributed by atoms with Gasteiger partial charge in [0.05, 0.1) is 18.0 Å². The van der Waals surface area contributed by atoms with Crippen LogP contribution in [0.25, 0.3) is 0 Å². The van der Waals surface area contributed by atoms with Crippen LogP contribution in [0.4, 0.5) is 14.5 Å². The number of halogens is 3. The van der Waals surface area contributed by atoms with Crippen LogP contribution in [-0.2, 0) is 21.2 Å². The molecule has 1 saturated heterocycles. The Labute approximate surface area is 278 Å². The number of sulfonamides is 1. The monoisotopic (exact) mass is 682 g/mol. The molecule has 0 aromatic heterocycles. The summed E-state index contributed by atoms with van der Waals surface area (Å²) in [5, 5.41) is 6.49. The molecule has 4 aromatic carbocycles. The van der Waals surface area contributed by atoms with Gasteiger partial charge in [-0.25, -0.2) is 17.2 Å². The summed E-state index contributed by atoms with van der Waals surface area (Å²) < 4.78 is 63.9. The fraction of sp³-hybridized carbons (Fsp3) is 0.286. The zero-order valence-electron chi connectivity index (χ0n) is 26.0. The van der Waals surface area contributed by atoms with Crippen molar-refractivity contribution in [2.45, 2.75) is 48.7 Å². The number of ether oxygens (including phenoxy) is 1. The predicted octanol–water partition coefficient (Wildman–Crippen LogP) is 5.71. The second-order valence-electron chi connectivity index (χ2n) is 11.6. The van der Waals surface area contributed by atoms with Crippen molar-refractivity contribution in [2.75, 3.05) is 25.5 Å². The number of benzene rings is 4. The predicted molar refractivity (Wildman–Crippen MR) is 179 cm³/mol. The molecule has 1 aliphatic heterocycles. The van der Waals surface area contributed by atoms with Crippen molar-refractivity contribution in [3.05, 3.63) is 124 Å². The number of carbonyl (C=O) groups is 1. The first-order chi connectivity index (χ1) is 22.5. The van der Waals surface area contributed by atoms with Crippen LogP contribution in [0.5, 0.6) is 5.75 Å². The maximum Gasteiger partial charge on any atom is 0.243 e. The number of hydrogen-bond acceptors (Lipinski definition) is 6. The molecular weight excluding hydrogens is 646 g/mol. The fourth-order valence-corrected chi connectivity index (χ4v) is 8.19. The van der Waals surface area contributed by atoms with Crippen LogP contribution in [0, 0.1) is 11.6 Å². The van der Waals surface area contributed by atoms with Crippen molar-refractivity contribution in [3.8, 4) is 5.75 Å². The lowest BCUT2D eigenvalue weighted by Crippen LogP contribution is -2.58. The highest BCUT2D eigenvalue weighted by molar-refractivity contribution is 7.89. The van der Waals surface area contributed by atoms with Gasteiger partial charge in [-0.05, 0) is 91.6 Å². The van der Waals surface area contributed by atoms with Crippen LogP contribution in [-0.4, -0.2) is 57.0 Å². The van der Waals surface area contributed by atoms with Gasteiger partial charge in [0.1, 0.15) is 17.4 Å². The van der Waals surface area contributed by atoms with Gasteiger partial charge in [0.2, 0.25) is 15.9 Å². The van der Waals surface area contributed by atoms with Gasteiger partial charge in [0, 0.05) is 47.4 Å². The highest BCUT2D eigenvalue weighted by Crippen LogP contribution is 2.32. The number of rotatable bonds is 11. The van der Waals surface area contributed by atoms with Crippen LogP contribution in [0.15, 0.2) is 95.9 Å². The maximum atomic E-state index is 15.4. The Morgan fingerprint density at radius 1 is 1.02 bits per heavy atom. The van der Waals surface area contributed by atoms with E-state index >= 15 is 4.39 Å². The van der Waals surface area contributed by atoms with Crippen LogP contribution < -0.4 is 21.1 Å². The molecule has 0 aliphatic carbocycles. The lowest BCUT2D eigenvalue weighted by molar-refractivity contribution is -0.117. The zero-order chi connectivity index (χ0) is 33.7. The number of carbonyl (C=O) groups excluding carboxylic acids is 1. The summed E-state index contributed by atoms with van der Waals surface area (Å²) in [6.07, 6.45) is 0.407. The normalized spacial score (nSPS) is 18.3. The molecule has 5 rings (SSSR count). The van der Waals surface area contributed by atoms with Gasteiger partial charge in [-0.1, -0.05) is 41.9 Å². The molecule has 1 aliphatic rings. The van der Waals surface area contributed by atoms with E-state index in [4.69, 9.17) is 22.1 Å². The van der Waals surface area contributed by atoms with E-state index in [-0.39, 0.29) is 35.0 Å². The lowest BCUT2D eigenvalue weighted by atomic mass is 9.85. The Kier molecular flexibility index (Phi) is 10.9. The van der Waals surface area contributed by atoms with Crippen LogP contribution >= 0.6 is 11.6 Å². The van der Waals surface area contributed by atoms with E-state index in [0.717, 1.165) is 0 Å². The largest absolute Gasteiger partial charge is 0.497 e. The molecule has 1 fully saturated rings. The Hall–Kier alpha value is -3.87. The minimum Gasteiger partial charge on any atom is -0.497 e. The number of nitrogens with one attached hydrogen (secondary N) is 2. The van der Waals surface area contributed by atoms with Gasteiger partial charge >= 0.3 is 0 Å². The summed E-state index contributed by atoms with van der Waals surface area (Å²) >= 11 is 6.25. The van der Waals surface area contributed by atoms with Crippen LogP contribution in [0.3, 0.4) is 0 Å². The molecule has 12 heteroatoms. The van der Waals surface area contributed by atoms with E-state index < -0.39 is 45.6 Å². The maximum absolute atomic E-state index is 15.4. The molecule has 248 valence electrons. The van der Waals surface area contributed by atoms with Crippen molar-refractivity contribution >= 4 is 33.2 Å². The number of nitrogens with zero attached hydrogens (tertiary/aromatic N) is 1. The molecule has 0 bridgehead atoms. The van der Waals surface area contributed by atoms with Crippen molar-refractivity contribution in [1.29, 1.82) is 0 Å². The second-order valence-corrected chi connectivity index (χ2v) is 13.9. The summed E-state index contributed by atoms with van der Waals surface area (Å²) in [4.78, 5) is 13.8. The molecule has 1 amide bonds. The van der Waals surface area contributed by atoms with E-state index in [9.17, 15) is 17.6 Å². The van der Waals surface area contributed by atoms with Gasteiger partial charge in [-0.15, -0.1) is 0 Å². The summed E-state index contributed by atoms with van der Waals surface area (Å²) in [6, 6.07) is 21.2. The third kappa shape index (κ3) is 7.82. The molecule has 1 heterocycles. The van der Waals surface area contributed by atoms with Gasteiger partial charge in [-0.3, -0.25) is 4.79 Å². The Morgan fingerprint density at radius 3 is 2.38 bits per heavy atom. The second kappa shape index (κ2) is 14.9. The number of nitrogens with two attached hydrogens (primary N) is 1. The van der Waals surface area contributed by atoms with E-state index in [1.807, 2.05) is 6.92 Å². The zero-order valence-corrected chi connectivity index (χ0v) is 27.6. The van der Waals surface area contributed by atoms with Crippen LogP contribution in [0.1, 0.15) is 36.0 Å². The average molecular weight is 683 g/mol. The topological polar surface area (TPSA) is 114 Å². The molecule has 4 atom stereocenters. The third-order valence-electron chi connectivity index (χ3n) is 8.43.